The summed E-state index contributed by atoms with van der Waals surface area (Å²) in [5.41, 5.74) is 6.09. The minimum Gasteiger partial charge on any atom is -0.363 e. The third-order valence-electron chi connectivity index (χ3n) is 4.10. The Morgan fingerprint density at radius 1 is 1.11 bits per heavy atom. The number of amides is 2. The van der Waals surface area contributed by atoms with Crippen LogP contribution in [0.25, 0.3) is 5.82 Å². The van der Waals surface area contributed by atoms with Gasteiger partial charge < -0.3 is 11.1 Å². The highest BCUT2D eigenvalue weighted by Crippen LogP contribution is 2.12. The van der Waals surface area contributed by atoms with Crippen LogP contribution in [0.2, 0.25) is 0 Å². The van der Waals surface area contributed by atoms with Crippen molar-refractivity contribution < 1.29 is 14.4 Å². The summed E-state index contributed by atoms with van der Waals surface area (Å²) in [4.78, 5) is 48.8. The summed E-state index contributed by atoms with van der Waals surface area (Å²) in [5.74, 6) is -1.64. The first-order valence-electron chi connectivity index (χ1n) is 8.46. The summed E-state index contributed by atoms with van der Waals surface area (Å²) < 4.78 is 1.51. The number of hydrogen-bond donors (Lipinski definition) is 2. The number of aryl methyl sites for hydroxylation is 1. The second-order valence-corrected chi connectivity index (χ2v) is 6.03. The molecule has 0 aliphatic carbocycles. The Hall–Kier alpha value is -3.88. The molecule has 2 aromatic heterocycles. The molecule has 3 rings (SSSR count). The van der Waals surface area contributed by atoms with Crippen LogP contribution in [0.15, 0.2) is 55.1 Å². The fourth-order valence-electron chi connectivity index (χ4n) is 2.76. The minimum atomic E-state index is -1.11. The highest BCUT2D eigenvalue weighted by Gasteiger charge is 2.27. The van der Waals surface area contributed by atoms with Gasteiger partial charge in [0.05, 0.1) is 12.4 Å². The number of nitrogens with two attached hydrogens (primary N) is 1. The van der Waals surface area contributed by atoms with Gasteiger partial charge in [-0.3, -0.25) is 23.9 Å². The lowest BCUT2D eigenvalue weighted by atomic mass is 10.0. The lowest BCUT2D eigenvalue weighted by Gasteiger charge is -2.17. The van der Waals surface area contributed by atoms with Crippen molar-refractivity contribution in [2.45, 2.75) is 19.4 Å². The summed E-state index contributed by atoms with van der Waals surface area (Å²) in [6.45, 7) is 1.71. The van der Waals surface area contributed by atoms with E-state index in [4.69, 9.17) is 5.73 Å². The monoisotopic (exact) mass is 378 g/mol. The highest BCUT2D eigenvalue weighted by molar-refractivity contribution is 6.38. The quantitative estimate of drug-likeness (QED) is 0.571. The maximum atomic E-state index is 12.9. The first-order chi connectivity index (χ1) is 13.5. The second kappa shape index (κ2) is 8.21. The summed E-state index contributed by atoms with van der Waals surface area (Å²) in [5, 5.41) is 2.59. The molecule has 0 aliphatic rings. The van der Waals surface area contributed by atoms with Crippen LogP contribution < -0.4 is 11.1 Å². The zero-order valence-corrected chi connectivity index (χ0v) is 15.1. The average molecular weight is 378 g/mol. The maximum Gasteiger partial charge on any atom is 0.287 e. The van der Waals surface area contributed by atoms with Gasteiger partial charge in [-0.2, -0.15) is 0 Å². The van der Waals surface area contributed by atoms with Crippen LogP contribution in [-0.2, 0) is 16.0 Å². The number of primary amides is 1. The molecule has 1 unspecified atom stereocenters. The number of ketones is 1. The molecule has 3 aromatic rings. The van der Waals surface area contributed by atoms with E-state index < -0.39 is 23.6 Å². The van der Waals surface area contributed by atoms with Crippen LogP contribution in [0.5, 0.6) is 0 Å². The zero-order chi connectivity index (χ0) is 20.1. The van der Waals surface area contributed by atoms with Gasteiger partial charge in [0.1, 0.15) is 17.6 Å². The average Bonchev–Trinajstić information content (AvgIpc) is 3.09. The number of rotatable bonds is 7. The Morgan fingerprint density at radius 3 is 2.50 bits per heavy atom. The zero-order valence-electron chi connectivity index (χ0n) is 15.1. The number of carbonyl (C=O) groups is 3. The van der Waals surface area contributed by atoms with E-state index in [9.17, 15) is 14.4 Å². The third kappa shape index (κ3) is 4.09. The van der Waals surface area contributed by atoms with Crippen LogP contribution in [0, 0.1) is 6.92 Å². The topological polar surface area (TPSA) is 133 Å². The molecular weight excluding hydrogens is 360 g/mol. The van der Waals surface area contributed by atoms with Gasteiger partial charge in [0, 0.05) is 18.8 Å². The van der Waals surface area contributed by atoms with Crippen LogP contribution in [-0.4, -0.2) is 43.2 Å². The van der Waals surface area contributed by atoms with E-state index >= 15 is 0 Å². The Labute approximate surface area is 160 Å². The first-order valence-corrected chi connectivity index (χ1v) is 8.46. The Morgan fingerprint density at radius 2 is 1.86 bits per heavy atom. The maximum absolute atomic E-state index is 12.9. The van der Waals surface area contributed by atoms with Crippen LogP contribution in [0.3, 0.4) is 0 Å². The molecule has 3 N–H and O–H groups in total. The van der Waals surface area contributed by atoms with Crippen molar-refractivity contribution in [2.24, 2.45) is 5.73 Å². The molecule has 9 heteroatoms. The van der Waals surface area contributed by atoms with Crippen molar-refractivity contribution in [2.75, 3.05) is 0 Å². The molecule has 0 saturated heterocycles. The largest absolute Gasteiger partial charge is 0.363 e. The Bertz CT molecular complexity index is 1000. The fraction of sp³-hybridized carbons (Fsp3) is 0.158. The van der Waals surface area contributed by atoms with Crippen molar-refractivity contribution in [3.8, 4) is 5.82 Å². The fourth-order valence-corrected chi connectivity index (χ4v) is 2.76. The number of carbonyl (C=O) groups excluding carboxylic acids is 3. The molecule has 0 bridgehead atoms. The molecule has 1 aromatic carbocycles. The smallest absolute Gasteiger partial charge is 0.287 e. The van der Waals surface area contributed by atoms with Crippen LogP contribution in [0.1, 0.15) is 21.9 Å². The molecule has 0 spiro atoms. The standard InChI is InChI=1S/C19H18N6O3/c1-12-23-10-15(25(12)16-11-21-7-8-22-16)19(28)24-14(17(26)18(20)27)9-13-5-3-2-4-6-13/h2-8,10-11,14H,9H2,1H3,(H2,20,27)(H,24,28). The normalized spacial score (nSPS) is 11.6. The number of benzene rings is 1. The molecule has 142 valence electrons. The summed E-state index contributed by atoms with van der Waals surface area (Å²) in [6, 6.07) is 7.92. The van der Waals surface area contributed by atoms with E-state index in [0.29, 0.717) is 11.6 Å². The van der Waals surface area contributed by atoms with E-state index in [-0.39, 0.29) is 12.1 Å². The Kier molecular flexibility index (Phi) is 5.54. The second-order valence-electron chi connectivity index (χ2n) is 6.03. The minimum absolute atomic E-state index is 0.132. The molecule has 0 radical (unpaired) electrons. The van der Waals surface area contributed by atoms with Crippen molar-refractivity contribution in [1.82, 2.24) is 24.8 Å². The highest BCUT2D eigenvalue weighted by atomic mass is 16.2. The van der Waals surface area contributed by atoms with E-state index in [1.165, 1.54) is 29.4 Å². The molecular formula is C19H18N6O3. The Balaban J connectivity index is 1.89. The molecule has 2 amide bonds. The van der Waals surface area contributed by atoms with Gasteiger partial charge in [0.15, 0.2) is 5.82 Å². The molecule has 9 nitrogen and oxygen atoms in total. The van der Waals surface area contributed by atoms with E-state index in [0.717, 1.165) is 5.56 Å². The van der Waals surface area contributed by atoms with Gasteiger partial charge in [-0.15, -0.1) is 0 Å². The molecule has 28 heavy (non-hydrogen) atoms. The number of aromatic nitrogens is 4. The van der Waals surface area contributed by atoms with E-state index in [1.807, 2.05) is 6.07 Å². The SMILES string of the molecule is Cc1ncc(C(=O)NC(Cc2ccccc2)C(=O)C(N)=O)n1-c1cnccn1. The number of nitrogens with one attached hydrogen (secondary N) is 1. The van der Waals surface area contributed by atoms with Crippen LogP contribution in [0.4, 0.5) is 0 Å². The first kappa shape index (κ1) is 18.9. The number of Topliss-reactive ketones (excluding diaryl/α,β-unsaturated/α-hetero) is 1. The van der Waals surface area contributed by atoms with Gasteiger partial charge in [-0.05, 0) is 12.5 Å². The summed E-state index contributed by atoms with van der Waals surface area (Å²) in [6.07, 6.45) is 5.99. The van der Waals surface area contributed by atoms with Gasteiger partial charge in [-0.25, -0.2) is 9.97 Å². The van der Waals surface area contributed by atoms with Crippen molar-refractivity contribution in [3.05, 3.63) is 72.2 Å². The molecule has 1 atom stereocenters. The lowest BCUT2D eigenvalue weighted by molar-refractivity contribution is -0.137. The predicted octanol–water partition coefficient (Wildman–Crippen LogP) is 0.366. The number of hydrogen-bond acceptors (Lipinski definition) is 6. The van der Waals surface area contributed by atoms with Crippen molar-refractivity contribution >= 4 is 17.6 Å². The van der Waals surface area contributed by atoms with Crippen molar-refractivity contribution in [3.63, 3.8) is 0 Å². The van der Waals surface area contributed by atoms with E-state index in [2.05, 4.69) is 20.3 Å². The summed E-state index contributed by atoms with van der Waals surface area (Å²) >= 11 is 0. The summed E-state index contributed by atoms with van der Waals surface area (Å²) in [7, 11) is 0. The van der Waals surface area contributed by atoms with Gasteiger partial charge in [-0.1, -0.05) is 30.3 Å². The lowest BCUT2D eigenvalue weighted by Crippen LogP contribution is -2.47. The van der Waals surface area contributed by atoms with Crippen LogP contribution >= 0.6 is 0 Å². The molecule has 0 fully saturated rings. The molecule has 2 heterocycles. The third-order valence-corrected chi connectivity index (χ3v) is 4.10. The molecule has 0 saturated carbocycles. The molecule has 0 aliphatic heterocycles. The number of nitrogens with zero attached hydrogens (tertiary/aromatic N) is 4. The predicted molar refractivity (Wildman–Crippen MR) is 99.5 cm³/mol. The number of imidazole rings is 1. The van der Waals surface area contributed by atoms with E-state index in [1.54, 1.807) is 31.2 Å². The van der Waals surface area contributed by atoms with Gasteiger partial charge >= 0.3 is 0 Å². The van der Waals surface area contributed by atoms with Crippen molar-refractivity contribution in [1.29, 1.82) is 0 Å². The van der Waals surface area contributed by atoms with Gasteiger partial charge in [0.2, 0.25) is 5.78 Å². The van der Waals surface area contributed by atoms with Gasteiger partial charge in [0.25, 0.3) is 11.8 Å².